The molecule has 2 aromatic rings. The van der Waals surface area contributed by atoms with Crippen LogP contribution in [0.4, 0.5) is 11.4 Å². The minimum absolute atomic E-state index is 0.208. The first-order valence-electron chi connectivity index (χ1n) is 6.91. The Kier molecular flexibility index (Phi) is 4.53. The zero-order valence-corrected chi connectivity index (χ0v) is 13.1. The Bertz CT molecular complexity index is 722. The van der Waals surface area contributed by atoms with Crippen LogP contribution in [0.3, 0.4) is 0 Å². The van der Waals surface area contributed by atoms with Crippen LogP contribution in [0.1, 0.15) is 24.5 Å². The van der Waals surface area contributed by atoms with Gasteiger partial charge >= 0.3 is 0 Å². The molecule has 0 aliphatic carbocycles. The summed E-state index contributed by atoms with van der Waals surface area (Å²) in [6.07, 6.45) is 2.05. The molecule has 0 spiro atoms. The molecule has 0 unspecified atom stereocenters. The molecule has 0 saturated heterocycles. The number of nitrogens with two attached hydrogens (primary N) is 1. The molecule has 0 aromatic heterocycles. The van der Waals surface area contributed by atoms with Gasteiger partial charge in [0.15, 0.2) is 0 Å². The Balaban J connectivity index is 2.27. The third-order valence-corrected chi connectivity index (χ3v) is 4.89. The minimum Gasteiger partial charge on any atom is -0.398 e. The van der Waals surface area contributed by atoms with Gasteiger partial charge < -0.3 is 5.73 Å². The van der Waals surface area contributed by atoms with E-state index in [9.17, 15) is 8.42 Å². The van der Waals surface area contributed by atoms with Crippen LogP contribution in [0.15, 0.2) is 47.4 Å². The monoisotopic (exact) mass is 304 g/mol. The molecule has 112 valence electrons. The van der Waals surface area contributed by atoms with E-state index in [1.54, 1.807) is 37.3 Å². The highest BCUT2D eigenvalue weighted by molar-refractivity contribution is 7.92. The summed E-state index contributed by atoms with van der Waals surface area (Å²) in [7, 11) is -3.62. The van der Waals surface area contributed by atoms with Gasteiger partial charge in [-0.1, -0.05) is 31.5 Å². The second-order valence-electron chi connectivity index (χ2n) is 5.02. The van der Waals surface area contributed by atoms with Crippen LogP contribution in [0.5, 0.6) is 0 Å². The topological polar surface area (TPSA) is 72.2 Å². The fraction of sp³-hybridized carbons (Fsp3) is 0.250. The molecule has 0 atom stereocenters. The van der Waals surface area contributed by atoms with Gasteiger partial charge in [-0.2, -0.15) is 0 Å². The molecule has 0 amide bonds. The van der Waals surface area contributed by atoms with Crippen LogP contribution in [-0.4, -0.2) is 8.42 Å². The summed E-state index contributed by atoms with van der Waals surface area (Å²) in [4.78, 5) is 0.208. The molecule has 2 rings (SSSR count). The zero-order valence-electron chi connectivity index (χ0n) is 12.3. The van der Waals surface area contributed by atoms with Crippen LogP contribution in [0.25, 0.3) is 0 Å². The average Bonchev–Trinajstić information content (AvgIpc) is 2.44. The van der Waals surface area contributed by atoms with E-state index in [1.807, 2.05) is 12.1 Å². The van der Waals surface area contributed by atoms with Gasteiger partial charge in [0.25, 0.3) is 10.0 Å². The van der Waals surface area contributed by atoms with Crippen molar-refractivity contribution in [2.45, 2.75) is 31.6 Å². The predicted molar refractivity (Wildman–Crippen MR) is 86.8 cm³/mol. The standard InChI is InChI=1S/C16H20N2O2S/c1-3-5-13-8-10-14(11-9-13)18-21(19,20)16-7-4-6-15(17)12(16)2/h4,6-11,18H,3,5,17H2,1-2H3. The molecule has 0 aliphatic heterocycles. The molecule has 0 bridgehead atoms. The van der Waals surface area contributed by atoms with Crippen LogP contribution < -0.4 is 10.5 Å². The van der Waals surface area contributed by atoms with Gasteiger partial charge in [0.1, 0.15) is 0 Å². The largest absolute Gasteiger partial charge is 0.398 e. The lowest BCUT2D eigenvalue weighted by Crippen LogP contribution is -2.14. The third kappa shape index (κ3) is 3.55. The van der Waals surface area contributed by atoms with Gasteiger partial charge in [-0.15, -0.1) is 0 Å². The number of benzene rings is 2. The Hall–Kier alpha value is -2.01. The molecule has 0 fully saturated rings. The Labute approximate surface area is 126 Å². The van der Waals surface area contributed by atoms with Crippen molar-refractivity contribution >= 4 is 21.4 Å². The number of hydrogen-bond donors (Lipinski definition) is 2. The van der Waals surface area contributed by atoms with Gasteiger partial charge in [0, 0.05) is 11.4 Å². The van der Waals surface area contributed by atoms with E-state index in [4.69, 9.17) is 5.73 Å². The molecule has 5 heteroatoms. The lowest BCUT2D eigenvalue weighted by molar-refractivity contribution is 0.600. The van der Waals surface area contributed by atoms with Crippen LogP contribution in [0.2, 0.25) is 0 Å². The van der Waals surface area contributed by atoms with E-state index in [2.05, 4.69) is 11.6 Å². The summed E-state index contributed by atoms with van der Waals surface area (Å²) in [5.74, 6) is 0. The number of nitrogen functional groups attached to an aromatic ring is 1. The van der Waals surface area contributed by atoms with Crippen molar-refractivity contribution < 1.29 is 8.42 Å². The highest BCUT2D eigenvalue weighted by Crippen LogP contribution is 2.23. The molecular formula is C16H20N2O2S. The van der Waals surface area contributed by atoms with Crippen molar-refractivity contribution in [2.75, 3.05) is 10.5 Å². The quantitative estimate of drug-likeness (QED) is 0.832. The molecule has 3 N–H and O–H groups in total. The van der Waals surface area contributed by atoms with Gasteiger partial charge in [0.2, 0.25) is 0 Å². The maximum absolute atomic E-state index is 12.4. The molecule has 21 heavy (non-hydrogen) atoms. The maximum Gasteiger partial charge on any atom is 0.262 e. The summed E-state index contributed by atoms with van der Waals surface area (Å²) in [6, 6.07) is 12.3. The van der Waals surface area contributed by atoms with Gasteiger partial charge in [0.05, 0.1) is 4.90 Å². The van der Waals surface area contributed by atoms with E-state index < -0.39 is 10.0 Å². The van der Waals surface area contributed by atoms with E-state index in [0.717, 1.165) is 12.8 Å². The van der Waals surface area contributed by atoms with Gasteiger partial charge in [-0.25, -0.2) is 8.42 Å². The SMILES string of the molecule is CCCc1ccc(NS(=O)(=O)c2cccc(N)c2C)cc1. The number of nitrogens with one attached hydrogen (secondary N) is 1. The van der Waals surface area contributed by atoms with Crippen LogP contribution >= 0.6 is 0 Å². The fourth-order valence-corrected chi connectivity index (χ4v) is 3.50. The molecule has 0 saturated carbocycles. The number of rotatable bonds is 5. The van der Waals surface area contributed by atoms with E-state index in [0.29, 0.717) is 16.9 Å². The van der Waals surface area contributed by atoms with Crippen molar-refractivity contribution in [3.8, 4) is 0 Å². The third-order valence-electron chi connectivity index (χ3n) is 3.36. The number of aryl methyl sites for hydroxylation is 1. The Morgan fingerprint density at radius 2 is 1.76 bits per heavy atom. The van der Waals surface area contributed by atoms with Crippen molar-refractivity contribution in [1.29, 1.82) is 0 Å². The Morgan fingerprint density at radius 3 is 2.38 bits per heavy atom. The Morgan fingerprint density at radius 1 is 1.10 bits per heavy atom. The second kappa shape index (κ2) is 6.18. The lowest BCUT2D eigenvalue weighted by Gasteiger charge is -2.12. The van der Waals surface area contributed by atoms with E-state index in [1.165, 1.54) is 5.56 Å². The molecule has 2 aromatic carbocycles. The molecule has 0 aliphatic rings. The normalized spacial score (nSPS) is 11.3. The molecular weight excluding hydrogens is 284 g/mol. The maximum atomic E-state index is 12.4. The van der Waals surface area contributed by atoms with Crippen LogP contribution in [-0.2, 0) is 16.4 Å². The predicted octanol–water partition coefficient (Wildman–Crippen LogP) is 3.33. The van der Waals surface area contributed by atoms with Gasteiger partial charge in [-0.05, 0) is 48.7 Å². The highest BCUT2D eigenvalue weighted by atomic mass is 32.2. The summed E-state index contributed by atoms with van der Waals surface area (Å²) < 4.78 is 27.4. The zero-order chi connectivity index (χ0) is 15.5. The first kappa shape index (κ1) is 15.4. The number of hydrogen-bond acceptors (Lipinski definition) is 3. The first-order valence-corrected chi connectivity index (χ1v) is 8.39. The first-order chi connectivity index (χ1) is 9.94. The van der Waals surface area contributed by atoms with Crippen molar-refractivity contribution in [3.05, 3.63) is 53.6 Å². The van der Waals surface area contributed by atoms with E-state index in [-0.39, 0.29) is 4.90 Å². The van der Waals surface area contributed by atoms with Crippen molar-refractivity contribution in [3.63, 3.8) is 0 Å². The summed E-state index contributed by atoms with van der Waals surface area (Å²) in [5.41, 5.74) is 8.55. The van der Waals surface area contributed by atoms with E-state index >= 15 is 0 Å². The fourth-order valence-electron chi connectivity index (χ4n) is 2.16. The molecule has 4 nitrogen and oxygen atoms in total. The minimum atomic E-state index is -3.62. The highest BCUT2D eigenvalue weighted by Gasteiger charge is 2.17. The van der Waals surface area contributed by atoms with Gasteiger partial charge in [-0.3, -0.25) is 4.72 Å². The summed E-state index contributed by atoms with van der Waals surface area (Å²) in [5, 5.41) is 0. The van der Waals surface area contributed by atoms with Crippen molar-refractivity contribution in [1.82, 2.24) is 0 Å². The second-order valence-corrected chi connectivity index (χ2v) is 6.67. The van der Waals surface area contributed by atoms with Crippen molar-refractivity contribution in [2.24, 2.45) is 0 Å². The lowest BCUT2D eigenvalue weighted by atomic mass is 10.1. The smallest absolute Gasteiger partial charge is 0.262 e. The molecule has 0 heterocycles. The number of sulfonamides is 1. The number of anilines is 2. The molecule has 0 radical (unpaired) electrons. The van der Waals surface area contributed by atoms with Crippen LogP contribution in [0, 0.1) is 6.92 Å². The average molecular weight is 304 g/mol. The summed E-state index contributed by atoms with van der Waals surface area (Å²) in [6.45, 7) is 3.81. The summed E-state index contributed by atoms with van der Waals surface area (Å²) >= 11 is 0.